The molecular weight excluding hydrogens is 172 g/mol. The molecule has 0 atom stereocenters. The number of rotatable bonds is 1. The van der Waals surface area contributed by atoms with E-state index in [4.69, 9.17) is 0 Å². The summed E-state index contributed by atoms with van der Waals surface area (Å²) in [4.78, 5) is 0. The predicted molar refractivity (Wildman–Crippen MR) is 57.2 cm³/mol. The van der Waals surface area contributed by atoms with Gasteiger partial charge in [0.25, 0.3) is 0 Å². The van der Waals surface area contributed by atoms with Gasteiger partial charge in [0.1, 0.15) is 0 Å². The van der Waals surface area contributed by atoms with Gasteiger partial charge >= 0.3 is 0 Å². The van der Waals surface area contributed by atoms with Crippen LogP contribution in [0, 0.1) is 13.0 Å². The van der Waals surface area contributed by atoms with Crippen molar-refractivity contribution in [1.29, 1.82) is 0 Å². The smallest absolute Gasteiger partial charge is 0.0540 e. The zero-order chi connectivity index (χ0) is 9.97. The molecule has 0 unspecified atom stereocenters. The molecular formula is C13H17O. The maximum Gasteiger partial charge on any atom is 0.0540 e. The van der Waals surface area contributed by atoms with E-state index in [-0.39, 0.29) is 6.10 Å². The zero-order valence-corrected chi connectivity index (χ0v) is 8.66. The zero-order valence-electron chi connectivity index (χ0n) is 8.66. The van der Waals surface area contributed by atoms with Crippen molar-refractivity contribution in [2.75, 3.05) is 0 Å². The molecule has 1 aliphatic carbocycles. The first-order valence-corrected chi connectivity index (χ1v) is 5.42. The molecule has 1 N–H and O–H groups in total. The van der Waals surface area contributed by atoms with E-state index in [0.717, 1.165) is 25.7 Å². The summed E-state index contributed by atoms with van der Waals surface area (Å²) in [6, 6.07) is 9.33. The molecule has 0 bridgehead atoms. The molecule has 0 saturated heterocycles. The molecule has 1 nitrogen and oxygen atoms in total. The van der Waals surface area contributed by atoms with Crippen LogP contribution in [0.4, 0.5) is 0 Å². The average molecular weight is 189 g/mol. The molecule has 1 aromatic rings. The van der Waals surface area contributed by atoms with E-state index in [1.807, 2.05) is 6.07 Å². The third-order valence-electron chi connectivity index (χ3n) is 3.25. The molecule has 1 saturated carbocycles. The standard InChI is InChI=1S/C13H17O/c1-10-4-2-3-5-13(10)11-6-8-12(14)9-7-11/h3-5,11-12,14H,6-9H2,1H3. The Kier molecular flexibility index (Phi) is 2.87. The van der Waals surface area contributed by atoms with Gasteiger partial charge in [-0.15, -0.1) is 0 Å². The lowest BCUT2D eigenvalue weighted by Gasteiger charge is -2.26. The van der Waals surface area contributed by atoms with Crippen LogP contribution in [0.1, 0.15) is 42.7 Å². The van der Waals surface area contributed by atoms with Crippen molar-refractivity contribution in [1.82, 2.24) is 0 Å². The summed E-state index contributed by atoms with van der Waals surface area (Å²) in [5, 5.41) is 9.44. The maximum atomic E-state index is 9.44. The monoisotopic (exact) mass is 189 g/mol. The number of aliphatic hydroxyl groups excluding tert-OH is 1. The van der Waals surface area contributed by atoms with E-state index >= 15 is 0 Å². The van der Waals surface area contributed by atoms with Crippen LogP contribution in [0.5, 0.6) is 0 Å². The molecule has 0 amide bonds. The summed E-state index contributed by atoms with van der Waals surface area (Å²) in [5.74, 6) is 0.660. The highest BCUT2D eigenvalue weighted by Gasteiger charge is 2.21. The fourth-order valence-electron chi connectivity index (χ4n) is 2.37. The molecule has 1 aromatic carbocycles. The molecule has 75 valence electrons. The number of aryl methyl sites for hydroxylation is 1. The second-order valence-corrected chi connectivity index (χ2v) is 4.29. The van der Waals surface area contributed by atoms with Gasteiger partial charge in [0.05, 0.1) is 6.10 Å². The van der Waals surface area contributed by atoms with Crippen LogP contribution in [0.15, 0.2) is 18.2 Å². The van der Waals surface area contributed by atoms with Gasteiger partial charge in [-0.25, -0.2) is 0 Å². The number of hydrogen-bond donors (Lipinski definition) is 1. The van der Waals surface area contributed by atoms with Crippen LogP contribution in [0.25, 0.3) is 0 Å². The second kappa shape index (κ2) is 4.14. The minimum atomic E-state index is -0.0539. The first-order chi connectivity index (χ1) is 6.77. The summed E-state index contributed by atoms with van der Waals surface area (Å²) < 4.78 is 0. The normalized spacial score (nSPS) is 27.6. The molecule has 0 aliphatic heterocycles. The first kappa shape index (κ1) is 9.72. The van der Waals surface area contributed by atoms with Gasteiger partial charge in [-0.2, -0.15) is 0 Å². The highest BCUT2D eigenvalue weighted by molar-refractivity contribution is 5.28. The lowest BCUT2D eigenvalue weighted by atomic mass is 9.81. The van der Waals surface area contributed by atoms with Crippen LogP contribution in [0.3, 0.4) is 0 Å². The number of benzene rings is 1. The van der Waals surface area contributed by atoms with Crippen LogP contribution in [-0.2, 0) is 0 Å². The minimum absolute atomic E-state index is 0.0539. The molecule has 1 aliphatic rings. The SMILES string of the molecule is Cc1c[c]ccc1C1CCC(O)CC1. The summed E-state index contributed by atoms with van der Waals surface area (Å²) >= 11 is 0. The van der Waals surface area contributed by atoms with Gasteiger partial charge in [0.15, 0.2) is 0 Å². The van der Waals surface area contributed by atoms with Crippen molar-refractivity contribution in [2.45, 2.75) is 44.6 Å². The Morgan fingerprint density at radius 2 is 2.00 bits per heavy atom. The van der Waals surface area contributed by atoms with E-state index < -0.39 is 0 Å². The second-order valence-electron chi connectivity index (χ2n) is 4.29. The Bertz CT molecular complexity index is 298. The fourth-order valence-corrected chi connectivity index (χ4v) is 2.37. The Labute approximate surface area is 85.8 Å². The van der Waals surface area contributed by atoms with Crippen LogP contribution < -0.4 is 0 Å². The van der Waals surface area contributed by atoms with E-state index in [2.05, 4.69) is 25.1 Å². The van der Waals surface area contributed by atoms with Crippen LogP contribution in [0.2, 0.25) is 0 Å². The van der Waals surface area contributed by atoms with Crippen molar-refractivity contribution in [2.24, 2.45) is 0 Å². The van der Waals surface area contributed by atoms with Gasteiger partial charge in [-0.3, -0.25) is 0 Å². The van der Waals surface area contributed by atoms with Crippen molar-refractivity contribution in [3.05, 3.63) is 35.4 Å². The molecule has 2 rings (SSSR count). The van der Waals surface area contributed by atoms with Gasteiger partial charge in [-0.05, 0) is 55.7 Å². The maximum absolute atomic E-state index is 9.44. The molecule has 0 spiro atoms. The fraction of sp³-hybridized carbons (Fsp3) is 0.538. The lowest BCUT2D eigenvalue weighted by molar-refractivity contribution is 0.122. The summed E-state index contributed by atoms with van der Waals surface area (Å²) in [5.41, 5.74) is 2.80. The van der Waals surface area contributed by atoms with Gasteiger partial charge in [-0.1, -0.05) is 18.2 Å². The predicted octanol–water partition coefficient (Wildman–Crippen LogP) is 2.81. The number of hydrogen-bond acceptors (Lipinski definition) is 1. The van der Waals surface area contributed by atoms with Crippen molar-refractivity contribution in [3.63, 3.8) is 0 Å². The van der Waals surface area contributed by atoms with Crippen molar-refractivity contribution >= 4 is 0 Å². The molecule has 14 heavy (non-hydrogen) atoms. The summed E-state index contributed by atoms with van der Waals surface area (Å²) in [7, 11) is 0. The Morgan fingerprint density at radius 3 is 2.64 bits per heavy atom. The van der Waals surface area contributed by atoms with Gasteiger partial charge < -0.3 is 5.11 Å². The van der Waals surface area contributed by atoms with Gasteiger partial charge in [0.2, 0.25) is 0 Å². The van der Waals surface area contributed by atoms with Crippen LogP contribution >= 0.6 is 0 Å². The largest absolute Gasteiger partial charge is 0.393 e. The van der Waals surface area contributed by atoms with E-state index in [0.29, 0.717) is 5.92 Å². The number of aliphatic hydroxyl groups is 1. The Balaban J connectivity index is 2.12. The third-order valence-corrected chi connectivity index (χ3v) is 3.25. The molecule has 0 heterocycles. The molecule has 0 aromatic heterocycles. The van der Waals surface area contributed by atoms with Crippen molar-refractivity contribution in [3.8, 4) is 0 Å². The summed E-state index contributed by atoms with van der Waals surface area (Å²) in [6.07, 6.45) is 4.13. The van der Waals surface area contributed by atoms with E-state index in [1.165, 1.54) is 11.1 Å². The van der Waals surface area contributed by atoms with Crippen molar-refractivity contribution < 1.29 is 5.11 Å². The Morgan fingerprint density at radius 1 is 1.29 bits per heavy atom. The quantitative estimate of drug-likeness (QED) is 0.720. The van der Waals surface area contributed by atoms with Crippen LogP contribution in [-0.4, -0.2) is 11.2 Å². The molecule has 1 fully saturated rings. The molecule has 1 radical (unpaired) electrons. The van der Waals surface area contributed by atoms with Gasteiger partial charge in [0, 0.05) is 0 Å². The average Bonchev–Trinajstić information content (AvgIpc) is 2.20. The van der Waals surface area contributed by atoms with E-state index in [9.17, 15) is 5.11 Å². The minimum Gasteiger partial charge on any atom is -0.393 e. The highest BCUT2D eigenvalue weighted by atomic mass is 16.3. The summed E-state index contributed by atoms with van der Waals surface area (Å²) in [6.45, 7) is 2.15. The third kappa shape index (κ3) is 1.98. The highest BCUT2D eigenvalue weighted by Crippen LogP contribution is 2.34. The van der Waals surface area contributed by atoms with E-state index in [1.54, 1.807) is 0 Å². The first-order valence-electron chi connectivity index (χ1n) is 5.42. The lowest BCUT2D eigenvalue weighted by Crippen LogP contribution is -2.17. The Hall–Kier alpha value is -0.820. The molecule has 1 heteroatoms. The topological polar surface area (TPSA) is 20.2 Å².